The van der Waals surface area contributed by atoms with E-state index in [0.717, 1.165) is 0 Å². The number of aliphatic hydroxyl groups is 3. The Balaban J connectivity index is 1.96. The number of pyridine rings is 1. The normalized spacial score (nSPS) is 26.4. The number of fused-ring (bicyclic) bond motifs is 1. The van der Waals surface area contributed by atoms with E-state index in [4.69, 9.17) is 4.74 Å². The van der Waals surface area contributed by atoms with Gasteiger partial charge in [-0.3, -0.25) is 14.3 Å². The smallest absolute Gasteiger partial charge is 0.278 e. The largest absolute Gasteiger partial charge is 0.394 e. The lowest BCUT2D eigenvalue weighted by Crippen LogP contribution is -2.33. The summed E-state index contributed by atoms with van der Waals surface area (Å²) in [5.41, 5.74) is 0.398. The Morgan fingerprint density at radius 3 is 2.84 bits per heavy atom. The summed E-state index contributed by atoms with van der Waals surface area (Å²) in [6.07, 6.45) is -0.275. The average molecular weight is 345 g/mol. The minimum absolute atomic E-state index is 0.0686. The van der Waals surface area contributed by atoms with E-state index in [1.165, 1.54) is 10.9 Å². The standard InChI is InChI=1S/C15H15N5O5/c21-5-8-10(22)11(23)15(25-8)20-12(7-2-1-3-16-4-7)19-9-13(20)17-6-18-14(9)24/h1-4,6,8,10-11,15,21-23H,5H2,(H,17,18,24)/t8-,10-,11-,15-/m1/s1. The second kappa shape index (κ2) is 6.01. The second-order valence-corrected chi connectivity index (χ2v) is 5.68. The molecule has 4 atom stereocenters. The summed E-state index contributed by atoms with van der Waals surface area (Å²) in [6, 6.07) is 3.44. The quantitative estimate of drug-likeness (QED) is 0.462. The van der Waals surface area contributed by atoms with Gasteiger partial charge in [0, 0.05) is 18.0 Å². The minimum atomic E-state index is -1.33. The number of rotatable bonds is 3. The third-order valence-electron chi connectivity index (χ3n) is 4.17. The van der Waals surface area contributed by atoms with Gasteiger partial charge in [0.25, 0.3) is 5.56 Å². The van der Waals surface area contributed by atoms with Gasteiger partial charge in [0.05, 0.1) is 12.9 Å². The SMILES string of the molecule is O=c1[nH]cnc2c1nc(-c1cccnc1)n2[C@@H]1O[C@H](CO)[C@@H](O)[C@H]1O. The maximum absolute atomic E-state index is 12.1. The summed E-state index contributed by atoms with van der Waals surface area (Å²) in [4.78, 5) is 27.0. The summed E-state index contributed by atoms with van der Waals surface area (Å²) in [7, 11) is 0. The third-order valence-corrected chi connectivity index (χ3v) is 4.17. The number of hydrogen-bond acceptors (Lipinski definition) is 8. The van der Waals surface area contributed by atoms with Crippen molar-refractivity contribution in [2.24, 2.45) is 0 Å². The van der Waals surface area contributed by atoms with Crippen LogP contribution in [0.3, 0.4) is 0 Å². The van der Waals surface area contributed by atoms with E-state index >= 15 is 0 Å². The minimum Gasteiger partial charge on any atom is -0.394 e. The first-order chi connectivity index (χ1) is 12.1. The third kappa shape index (κ3) is 2.43. The molecule has 10 nitrogen and oxygen atoms in total. The van der Waals surface area contributed by atoms with Gasteiger partial charge in [-0.05, 0) is 12.1 Å². The average Bonchev–Trinajstić information content (AvgIpc) is 3.15. The number of aromatic amines is 1. The van der Waals surface area contributed by atoms with Crippen LogP contribution in [-0.4, -0.2) is 64.7 Å². The predicted octanol–water partition coefficient (Wildman–Crippen LogP) is -1.21. The van der Waals surface area contributed by atoms with Gasteiger partial charge in [0.2, 0.25) is 0 Å². The number of aliphatic hydroxyl groups excluding tert-OH is 3. The van der Waals surface area contributed by atoms with E-state index in [1.54, 1.807) is 24.5 Å². The Morgan fingerprint density at radius 2 is 2.16 bits per heavy atom. The van der Waals surface area contributed by atoms with Crippen LogP contribution in [-0.2, 0) is 4.74 Å². The first-order valence-electron chi connectivity index (χ1n) is 7.60. The fourth-order valence-electron chi connectivity index (χ4n) is 2.95. The lowest BCUT2D eigenvalue weighted by atomic mass is 10.1. The molecule has 3 aromatic rings. The summed E-state index contributed by atoms with van der Waals surface area (Å²) in [5.74, 6) is 0.308. The molecule has 4 N–H and O–H groups in total. The summed E-state index contributed by atoms with van der Waals surface area (Å²) >= 11 is 0. The molecule has 25 heavy (non-hydrogen) atoms. The fraction of sp³-hybridized carbons (Fsp3) is 0.333. The van der Waals surface area contributed by atoms with Gasteiger partial charge in [-0.15, -0.1) is 0 Å². The summed E-state index contributed by atoms with van der Waals surface area (Å²) < 4.78 is 7.03. The molecule has 0 radical (unpaired) electrons. The highest BCUT2D eigenvalue weighted by atomic mass is 16.6. The lowest BCUT2D eigenvalue weighted by molar-refractivity contribution is -0.0503. The number of aromatic nitrogens is 5. The van der Waals surface area contributed by atoms with E-state index in [9.17, 15) is 20.1 Å². The van der Waals surface area contributed by atoms with Crippen LogP contribution in [0.1, 0.15) is 6.23 Å². The zero-order valence-corrected chi connectivity index (χ0v) is 12.9. The monoisotopic (exact) mass is 345 g/mol. The molecular weight excluding hydrogens is 330 g/mol. The van der Waals surface area contributed by atoms with E-state index < -0.39 is 36.7 Å². The molecule has 0 amide bonds. The van der Waals surface area contributed by atoms with E-state index in [1.807, 2.05) is 0 Å². The maximum atomic E-state index is 12.1. The van der Waals surface area contributed by atoms with Gasteiger partial charge in [-0.2, -0.15) is 0 Å². The van der Waals surface area contributed by atoms with Crippen LogP contribution in [0.5, 0.6) is 0 Å². The van der Waals surface area contributed by atoms with Crippen LogP contribution in [0.2, 0.25) is 0 Å². The molecule has 4 heterocycles. The van der Waals surface area contributed by atoms with Crippen LogP contribution >= 0.6 is 0 Å². The molecule has 0 aliphatic carbocycles. The van der Waals surface area contributed by atoms with Gasteiger partial charge in [0.1, 0.15) is 24.1 Å². The topological polar surface area (TPSA) is 146 Å². The van der Waals surface area contributed by atoms with Crippen molar-refractivity contribution in [1.82, 2.24) is 24.5 Å². The summed E-state index contributed by atoms with van der Waals surface area (Å²) in [6.45, 7) is -0.461. The van der Waals surface area contributed by atoms with Crippen molar-refractivity contribution in [2.75, 3.05) is 6.61 Å². The van der Waals surface area contributed by atoms with Gasteiger partial charge < -0.3 is 25.0 Å². The zero-order chi connectivity index (χ0) is 17.6. The van der Waals surface area contributed by atoms with Crippen molar-refractivity contribution in [1.29, 1.82) is 0 Å². The van der Waals surface area contributed by atoms with Crippen molar-refractivity contribution in [3.8, 4) is 11.4 Å². The van der Waals surface area contributed by atoms with Crippen LogP contribution in [0.25, 0.3) is 22.6 Å². The molecular formula is C15H15N5O5. The Labute approximate surface area is 140 Å². The molecule has 1 aliphatic heterocycles. The molecule has 0 saturated carbocycles. The van der Waals surface area contributed by atoms with Crippen LogP contribution in [0.4, 0.5) is 0 Å². The number of H-pyrrole nitrogens is 1. The maximum Gasteiger partial charge on any atom is 0.278 e. The highest BCUT2D eigenvalue weighted by Gasteiger charge is 2.45. The fourth-order valence-corrected chi connectivity index (χ4v) is 2.95. The number of nitrogens with zero attached hydrogens (tertiary/aromatic N) is 4. The molecule has 1 fully saturated rings. The first kappa shape index (κ1) is 15.8. The number of ether oxygens (including phenoxy) is 1. The van der Waals surface area contributed by atoms with Crippen molar-refractivity contribution >= 4 is 11.2 Å². The molecule has 0 unspecified atom stereocenters. The van der Waals surface area contributed by atoms with Gasteiger partial charge >= 0.3 is 0 Å². The van der Waals surface area contributed by atoms with Crippen LogP contribution in [0, 0.1) is 0 Å². The molecule has 0 bridgehead atoms. The van der Waals surface area contributed by atoms with Crippen LogP contribution < -0.4 is 5.56 Å². The predicted molar refractivity (Wildman–Crippen MR) is 84.4 cm³/mol. The summed E-state index contributed by atoms with van der Waals surface area (Å²) in [5, 5.41) is 29.7. The second-order valence-electron chi connectivity index (χ2n) is 5.68. The molecule has 4 rings (SSSR count). The Kier molecular flexibility index (Phi) is 3.81. The number of nitrogens with one attached hydrogen (secondary N) is 1. The molecule has 3 aromatic heterocycles. The highest BCUT2D eigenvalue weighted by Crippen LogP contribution is 2.34. The van der Waals surface area contributed by atoms with Gasteiger partial charge in [-0.25, -0.2) is 9.97 Å². The molecule has 0 aromatic carbocycles. The van der Waals surface area contributed by atoms with Crippen molar-refractivity contribution < 1.29 is 20.1 Å². The van der Waals surface area contributed by atoms with Gasteiger partial charge in [-0.1, -0.05) is 0 Å². The van der Waals surface area contributed by atoms with E-state index in [-0.39, 0.29) is 11.2 Å². The Bertz CT molecular complexity index is 956. The van der Waals surface area contributed by atoms with Crippen molar-refractivity contribution in [2.45, 2.75) is 24.5 Å². The zero-order valence-electron chi connectivity index (χ0n) is 12.9. The number of imidazole rings is 1. The number of hydrogen-bond donors (Lipinski definition) is 4. The van der Waals surface area contributed by atoms with Crippen molar-refractivity contribution in [3.63, 3.8) is 0 Å². The Hall–Kier alpha value is -2.66. The van der Waals surface area contributed by atoms with Crippen molar-refractivity contribution in [3.05, 3.63) is 41.2 Å². The first-order valence-corrected chi connectivity index (χ1v) is 7.60. The molecule has 130 valence electrons. The molecule has 10 heteroatoms. The Morgan fingerprint density at radius 1 is 1.32 bits per heavy atom. The molecule has 1 saturated heterocycles. The van der Waals surface area contributed by atoms with E-state index in [0.29, 0.717) is 11.4 Å². The van der Waals surface area contributed by atoms with Gasteiger partial charge in [0.15, 0.2) is 17.4 Å². The lowest BCUT2D eigenvalue weighted by Gasteiger charge is -2.19. The van der Waals surface area contributed by atoms with E-state index in [2.05, 4.69) is 19.9 Å². The molecule has 0 spiro atoms. The molecule has 1 aliphatic rings. The van der Waals surface area contributed by atoms with Crippen LogP contribution in [0.15, 0.2) is 35.6 Å². The highest BCUT2D eigenvalue weighted by molar-refractivity contribution is 5.76.